The number of carbonyl (C=O) groups is 3. The van der Waals surface area contributed by atoms with E-state index in [1.807, 2.05) is 0 Å². The number of hydrogen-bond acceptors (Lipinski definition) is 3. The van der Waals surface area contributed by atoms with Crippen molar-refractivity contribution >= 4 is 17.7 Å². The lowest BCUT2D eigenvalue weighted by Gasteiger charge is -2.32. The molecule has 1 aliphatic heterocycles. The summed E-state index contributed by atoms with van der Waals surface area (Å²) in [6, 6.07) is 11.6. The Balaban J connectivity index is 1.53. The van der Waals surface area contributed by atoms with Gasteiger partial charge in [0.1, 0.15) is 5.82 Å². The monoisotopic (exact) mass is 369 g/mol. The Hall–Kier alpha value is -3.22. The Morgan fingerprint density at radius 1 is 0.889 bits per heavy atom. The molecule has 140 valence electrons. The third-order valence-corrected chi connectivity index (χ3v) is 4.64. The lowest BCUT2D eigenvalue weighted by molar-refractivity contribution is 0.0697. The first-order valence-electron chi connectivity index (χ1n) is 8.69. The Labute approximate surface area is 156 Å². The fraction of sp³-hybridized carbons (Fsp3) is 0.250. The lowest BCUT2D eigenvalue weighted by atomic mass is 10.0. The number of nitrogens with one attached hydrogen (secondary N) is 1. The third kappa shape index (κ3) is 4.49. The van der Waals surface area contributed by atoms with E-state index in [1.165, 1.54) is 36.4 Å². The van der Waals surface area contributed by atoms with E-state index in [-0.39, 0.29) is 23.7 Å². The van der Waals surface area contributed by atoms with Crippen molar-refractivity contribution in [2.45, 2.75) is 18.9 Å². The maximum Gasteiger partial charge on any atom is 0.253 e. The molecule has 6 nitrogen and oxygen atoms in total. The minimum Gasteiger partial charge on any atom is -0.366 e. The number of amides is 3. The Kier molecular flexibility index (Phi) is 5.49. The van der Waals surface area contributed by atoms with E-state index in [0.717, 1.165) is 0 Å². The van der Waals surface area contributed by atoms with Crippen LogP contribution in [0.2, 0.25) is 0 Å². The van der Waals surface area contributed by atoms with E-state index in [4.69, 9.17) is 5.73 Å². The Bertz CT molecular complexity index is 842. The maximum atomic E-state index is 12.9. The van der Waals surface area contributed by atoms with Crippen LogP contribution in [0, 0.1) is 5.82 Å². The van der Waals surface area contributed by atoms with Crippen LogP contribution in [0.15, 0.2) is 48.5 Å². The maximum absolute atomic E-state index is 12.9. The summed E-state index contributed by atoms with van der Waals surface area (Å²) < 4.78 is 12.9. The molecule has 1 fully saturated rings. The molecule has 1 saturated heterocycles. The van der Waals surface area contributed by atoms with Crippen LogP contribution in [0.5, 0.6) is 0 Å². The molecule has 0 saturated carbocycles. The molecule has 27 heavy (non-hydrogen) atoms. The summed E-state index contributed by atoms with van der Waals surface area (Å²) in [5.74, 6) is -1.29. The van der Waals surface area contributed by atoms with Crippen molar-refractivity contribution in [2.75, 3.05) is 13.1 Å². The van der Waals surface area contributed by atoms with Gasteiger partial charge in [-0.25, -0.2) is 4.39 Å². The summed E-state index contributed by atoms with van der Waals surface area (Å²) in [4.78, 5) is 37.6. The summed E-state index contributed by atoms with van der Waals surface area (Å²) in [6.45, 7) is 1.04. The zero-order valence-electron chi connectivity index (χ0n) is 14.7. The van der Waals surface area contributed by atoms with Crippen molar-refractivity contribution < 1.29 is 18.8 Å². The van der Waals surface area contributed by atoms with Gasteiger partial charge in [0.2, 0.25) is 5.91 Å². The molecule has 1 aliphatic rings. The van der Waals surface area contributed by atoms with Gasteiger partial charge in [-0.1, -0.05) is 0 Å². The number of benzene rings is 2. The van der Waals surface area contributed by atoms with Gasteiger partial charge in [0, 0.05) is 35.8 Å². The quantitative estimate of drug-likeness (QED) is 0.863. The van der Waals surface area contributed by atoms with Crippen molar-refractivity contribution in [3.8, 4) is 0 Å². The van der Waals surface area contributed by atoms with Crippen molar-refractivity contribution in [3.63, 3.8) is 0 Å². The van der Waals surface area contributed by atoms with E-state index in [2.05, 4.69) is 5.32 Å². The average molecular weight is 369 g/mol. The van der Waals surface area contributed by atoms with Crippen LogP contribution < -0.4 is 11.1 Å². The Morgan fingerprint density at radius 2 is 1.41 bits per heavy atom. The third-order valence-electron chi connectivity index (χ3n) is 4.64. The molecule has 3 N–H and O–H groups in total. The van der Waals surface area contributed by atoms with Crippen molar-refractivity contribution in [2.24, 2.45) is 5.73 Å². The number of rotatable bonds is 4. The van der Waals surface area contributed by atoms with E-state index in [9.17, 15) is 18.8 Å². The minimum absolute atomic E-state index is 0.0381. The Morgan fingerprint density at radius 3 is 1.96 bits per heavy atom. The van der Waals surface area contributed by atoms with E-state index >= 15 is 0 Å². The number of piperidine rings is 1. The number of hydrogen-bond donors (Lipinski definition) is 2. The van der Waals surface area contributed by atoms with Gasteiger partial charge in [0.15, 0.2) is 0 Å². The summed E-state index contributed by atoms with van der Waals surface area (Å²) in [5, 5.41) is 2.92. The molecule has 0 aromatic heterocycles. The molecule has 2 aromatic rings. The van der Waals surface area contributed by atoms with Crippen LogP contribution in [0.3, 0.4) is 0 Å². The number of halogens is 1. The van der Waals surface area contributed by atoms with Gasteiger partial charge in [-0.15, -0.1) is 0 Å². The van der Waals surface area contributed by atoms with Crippen LogP contribution in [0.25, 0.3) is 0 Å². The van der Waals surface area contributed by atoms with Crippen LogP contribution >= 0.6 is 0 Å². The first-order chi connectivity index (χ1) is 12.9. The molecule has 0 unspecified atom stereocenters. The molecule has 2 aromatic carbocycles. The predicted molar refractivity (Wildman–Crippen MR) is 97.8 cm³/mol. The highest BCUT2D eigenvalue weighted by molar-refractivity contribution is 5.97. The summed E-state index contributed by atoms with van der Waals surface area (Å²) in [6.07, 6.45) is 1.27. The molecule has 0 radical (unpaired) electrons. The second kappa shape index (κ2) is 7.99. The zero-order valence-corrected chi connectivity index (χ0v) is 14.7. The highest BCUT2D eigenvalue weighted by Gasteiger charge is 2.25. The molecule has 7 heteroatoms. The van der Waals surface area contributed by atoms with Crippen LogP contribution in [-0.2, 0) is 0 Å². The van der Waals surface area contributed by atoms with Crippen LogP contribution in [0.4, 0.5) is 4.39 Å². The van der Waals surface area contributed by atoms with Crippen molar-refractivity contribution in [1.82, 2.24) is 10.2 Å². The molecule has 3 amide bonds. The summed E-state index contributed by atoms with van der Waals surface area (Å²) >= 11 is 0. The smallest absolute Gasteiger partial charge is 0.253 e. The van der Waals surface area contributed by atoms with E-state index < -0.39 is 5.91 Å². The molecule has 0 bridgehead atoms. The minimum atomic E-state index is -0.535. The fourth-order valence-electron chi connectivity index (χ4n) is 3.06. The largest absolute Gasteiger partial charge is 0.366 e. The van der Waals surface area contributed by atoms with Crippen molar-refractivity contribution in [1.29, 1.82) is 0 Å². The highest BCUT2D eigenvalue weighted by atomic mass is 19.1. The zero-order chi connectivity index (χ0) is 19.4. The number of primary amides is 1. The fourth-order valence-corrected chi connectivity index (χ4v) is 3.06. The van der Waals surface area contributed by atoms with Gasteiger partial charge in [-0.05, 0) is 61.4 Å². The number of nitrogens with two attached hydrogens (primary N) is 1. The number of likely N-dealkylation sites (tertiary alicyclic amines) is 1. The second-order valence-electron chi connectivity index (χ2n) is 6.49. The predicted octanol–water partition coefficient (Wildman–Crippen LogP) is 1.96. The topological polar surface area (TPSA) is 92.5 Å². The van der Waals surface area contributed by atoms with E-state index in [1.54, 1.807) is 17.0 Å². The number of nitrogens with zero attached hydrogens (tertiary/aromatic N) is 1. The molecule has 0 aliphatic carbocycles. The van der Waals surface area contributed by atoms with Crippen molar-refractivity contribution in [3.05, 3.63) is 71.0 Å². The van der Waals surface area contributed by atoms with E-state index in [0.29, 0.717) is 42.6 Å². The normalized spacial score (nSPS) is 14.6. The van der Waals surface area contributed by atoms with Gasteiger partial charge < -0.3 is 16.0 Å². The van der Waals surface area contributed by atoms with Crippen LogP contribution in [-0.4, -0.2) is 41.8 Å². The van der Waals surface area contributed by atoms with Gasteiger partial charge in [0.05, 0.1) is 0 Å². The molecule has 1 heterocycles. The molecule has 0 atom stereocenters. The molecular weight excluding hydrogens is 349 g/mol. The standard InChI is InChI=1S/C20H20FN3O3/c21-16-7-5-14(6-8-16)19(26)23-17-9-11-24(12-10-17)20(27)15-3-1-13(2-4-15)18(22)25/h1-8,17H,9-12H2,(H2,22,25)(H,23,26). The first-order valence-corrected chi connectivity index (χ1v) is 8.69. The molecular formula is C20H20FN3O3. The average Bonchev–Trinajstić information content (AvgIpc) is 2.68. The van der Waals surface area contributed by atoms with Gasteiger partial charge >= 0.3 is 0 Å². The highest BCUT2D eigenvalue weighted by Crippen LogP contribution is 2.15. The van der Waals surface area contributed by atoms with Gasteiger partial charge in [-0.3, -0.25) is 14.4 Å². The first kappa shape index (κ1) is 18.6. The lowest BCUT2D eigenvalue weighted by Crippen LogP contribution is -2.46. The van der Waals surface area contributed by atoms with Crippen LogP contribution in [0.1, 0.15) is 43.9 Å². The second-order valence-corrected chi connectivity index (χ2v) is 6.49. The van der Waals surface area contributed by atoms with Gasteiger partial charge in [0.25, 0.3) is 11.8 Å². The summed E-state index contributed by atoms with van der Waals surface area (Å²) in [7, 11) is 0. The summed E-state index contributed by atoms with van der Waals surface area (Å²) in [5.41, 5.74) is 6.46. The van der Waals surface area contributed by atoms with Gasteiger partial charge in [-0.2, -0.15) is 0 Å². The number of carbonyl (C=O) groups excluding carboxylic acids is 3. The SMILES string of the molecule is NC(=O)c1ccc(C(=O)N2CCC(NC(=O)c3ccc(F)cc3)CC2)cc1. The molecule has 0 spiro atoms. The molecule has 3 rings (SSSR count).